The van der Waals surface area contributed by atoms with Crippen LogP contribution in [0, 0.1) is 0 Å². The van der Waals surface area contributed by atoms with Crippen LogP contribution in [0.2, 0.25) is 0 Å². The van der Waals surface area contributed by atoms with E-state index in [1.165, 1.54) is 31.0 Å². The summed E-state index contributed by atoms with van der Waals surface area (Å²) in [5, 5.41) is 0.119. The van der Waals surface area contributed by atoms with Gasteiger partial charge in [-0.3, -0.25) is 9.59 Å². The molecule has 0 aromatic carbocycles. The molecule has 88 valence electrons. The predicted octanol–water partition coefficient (Wildman–Crippen LogP) is 2.13. The van der Waals surface area contributed by atoms with Crippen molar-refractivity contribution in [1.82, 2.24) is 0 Å². The normalized spacial score (nSPS) is 10.3. The number of hydrogen-bond acceptors (Lipinski definition) is 4. The zero-order chi connectivity index (χ0) is 11.5. The third-order valence-corrected chi connectivity index (χ3v) is 3.12. The quantitative estimate of drug-likeness (QED) is 0.618. The van der Waals surface area contributed by atoms with Crippen LogP contribution in [-0.4, -0.2) is 23.2 Å². The SMILES string of the molecule is CCCCCCSC(=O)CCC(=O)CN. The van der Waals surface area contributed by atoms with E-state index in [1.54, 1.807) is 0 Å². The molecule has 0 aliphatic carbocycles. The number of carbonyl (C=O) groups is 2. The Kier molecular flexibility index (Phi) is 9.94. The maximum absolute atomic E-state index is 11.3. The highest BCUT2D eigenvalue weighted by Gasteiger charge is 2.05. The van der Waals surface area contributed by atoms with Crippen molar-refractivity contribution in [3.63, 3.8) is 0 Å². The van der Waals surface area contributed by atoms with Crippen LogP contribution >= 0.6 is 11.8 Å². The van der Waals surface area contributed by atoms with Crippen LogP contribution in [0.15, 0.2) is 0 Å². The van der Waals surface area contributed by atoms with Crippen LogP contribution in [-0.2, 0) is 9.59 Å². The average Bonchev–Trinajstić information content (AvgIpc) is 2.25. The lowest BCUT2D eigenvalue weighted by Gasteiger charge is -2.00. The molecule has 15 heavy (non-hydrogen) atoms. The molecule has 0 saturated carbocycles. The number of unbranched alkanes of at least 4 members (excludes halogenated alkanes) is 3. The number of hydrogen-bond donors (Lipinski definition) is 1. The molecule has 0 saturated heterocycles. The Bertz CT molecular complexity index is 195. The Morgan fingerprint density at radius 2 is 1.87 bits per heavy atom. The van der Waals surface area contributed by atoms with Gasteiger partial charge < -0.3 is 5.73 Å². The first-order chi connectivity index (χ1) is 7.20. The summed E-state index contributed by atoms with van der Waals surface area (Å²) >= 11 is 1.35. The lowest BCUT2D eigenvalue weighted by atomic mass is 10.2. The van der Waals surface area contributed by atoms with Gasteiger partial charge in [-0.05, 0) is 6.42 Å². The molecule has 0 amide bonds. The fourth-order valence-electron chi connectivity index (χ4n) is 1.13. The van der Waals surface area contributed by atoms with E-state index in [9.17, 15) is 9.59 Å². The summed E-state index contributed by atoms with van der Waals surface area (Å²) in [6, 6.07) is 0. The molecule has 2 N–H and O–H groups in total. The van der Waals surface area contributed by atoms with Gasteiger partial charge >= 0.3 is 0 Å². The highest BCUT2D eigenvalue weighted by molar-refractivity contribution is 8.13. The van der Waals surface area contributed by atoms with Crippen LogP contribution in [0.3, 0.4) is 0 Å². The van der Waals surface area contributed by atoms with Gasteiger partial charge in [0.25, 0.3) is 0 Å². The van der Waals surface area contributed by atoms with E-state index in [4.69, 9.17) is 5.73 Å². The molecule has 0 aliphatic heterocycles. The zero-order valence-corrected chi connectivity index (χ0v) is 10.3. The van der Waals surface area contributed by atoms with E-state index in [0.29, 0.717) is 12.8 Å². The summed E-state index contributed by atoms with van der Waals surface area (Å²) in [6.07, 6.45) is 5.38. The van der Waals surface area contributed by atoms with Crippen molar-refractivity contribution < 1.29 is 9.59 Å². The second kappa shape index (κ2) is 10.2. The fourth-order valence-corrected chi connectivity index (χ4v) is 1.95. The minimum absolute atomic E-state index is 0.0325. The van der Waals surface area contributed by atoms with E-state index >= 15 is 0 Å². The van der Waals surface area contributed by atoms with Gasteiger partial charge in [-0.15, -0.1) is 0 Å². The van der Waals surface area contributed by atoms with E-state index in [2.05, 4.69) is 6.92 Å². The summed E-state index contributed by atoms with van der Waals surface area (Å²) in [6.45, 7) is 2.21. The summed E-state index contributed by atoms with van der Waals surface area (Å²) in [5.74, 6) is 0.852. The van der Waals surface area contributed by atoms with Crippen molar-refractivity contribution in [2.75, 3.05) is 12.3 Å². The molecule has 4 heteroatoms. The third kappa shape index (κ3) is 9.94. The van der Waals surface area contributed by atoms with Crippen molar-refractivity contribution in [2.24, 2.45) is 5.73 Å². The minimum Gasteiger partial charge on any atom is -0.324 e. The Hall–Kier alpha value is -0.350. The highest BCUT2D eigenvalue weighted by atomic mass is 32.2. The number of rotatable bonds is 9. The third-order valence-electron chi connectivity index (χ3n) is 2.10. The van der Waals surface area contributed by atoms with Gasteiger partial charge in [0.1, 0.15) is 5.78 Å². The largest absolute Gasteiger partial charge is 0.324 e. The number of Topliss-reactive ketones (excluding diaryl/α,β-unsaturated/α-hetero) is 1. The van der Waals surface area contributed by atoms with E-state index in [0.717, 1.165) is 12.2 Å². The van der Waals surface area contributed by atoms with Crippen molar-refractivity contribution in [3.8, 4) is 0 Å². The molecule has 0 atom stereocenters. The number of nitrogens with two attached hydrogens (primary N) is 1. The summed E-state index contributed by atoms with van der Waals surface area (Å²) in [5.41, 5.74) is 5.15. The summed E-state index contributed by atoms with van der Waals surface area (Å²) in [7, 11) is 0. The molecule has 0 heterocycles. The van der Waals surface area contributed by atoms with Gasteiger partial charge in [-0.1, -0.05) is 37.9 Å². The van der Waals surface area contributed by atoms with Crippen molar-refractivity contribution in [1.29, 1.82) is 0 Å². The lowest BCUT2D eigenvalue weighted by Crippen LogP contribution is -2.14. The van der Waals surface area contributed by atoms with Crippen molar-refractivity contribution >= 4 is 22.7 Å². The molecular weight excluding hydrogens is 210 g/mol. The molecule has 0 radical (unpaired) electrons. The molecule has 0 rings (SSSR count). The molecular formula is C11H21NO2S. The topological polar surface area (TPSA) is 60.2 Å². The van der Waals surface area contributed by atoms with E-state index in [-0.39, 0.29) is 17.4 Å². The first kappa shape index (κ1) is 14.6. The average molecular weight is 231 g/mol. The summed E-state index contributed by atoms with van der Waals surface area (Å²) < 4.78 is 0. The maximum atomic E-state index is 11.3. The van der Waals surface area contributed by atoms with E-state index < -0.39 is 0 Å². The highest BCUT2D eigenvalue weighted by Crippen LogP contribution is 2.11. The molecule has 0 fully saturated rings. The standard InChI is InChI=1S/C11H21NO2S/c1-2-3-4-5-8-15-11(14)7-6-10(13)9-12/h2-9,12H2,1H3. The Morgan fingerprint density at radius 1 is 1.13 bits per heavy atom. The molecule has 0 aromatic rings. The molecule has 0 spiro atoms. The fraction of sp³-hybridized carbons (Fsp3) is 0.818. The molecule has 0 aliphatic rings. The van der Waals surface area contributed by atoms with Crippen LogP contribution < -0.4 is 5.73 Å². The van der Waals surface area contributed by atoms with Crippen LogP contribution in [0.25, 0.3) is 0 Å². The van der Waals surface area contributed by atoms with E-state index in [1.807, 2.05) is 0 Å². The molecule has 0 aromatic heterocycles. The Balaban J connectivity index is 3.30. The number of thioether (sulfide) groups is 1. The Labute approximate surface area is 96.2 Å². The van der Waals surface area contributed by atoms with Gasteiger partial charge in [0.05, 0.1) is 6.54 Å². The van der Waals surface area contributed by atoms with Gasteiger partial charge in [0.15, 0.2) is 5.12 Å². The lowest BCUT2D eigenvalue weighted by molar-refractivity contribution is -0.120. The minimum atomic E-state index is -0.0325. The van der Waals surface area contributed by atoms with Gasteiger partial charge in [-0.2, -0.15) is 0 Å². The van der Waals surface area contributed by atoms with Crippen molar-refractivity contribution in [3.05, 3.63) is 0 Å². The van der Waals surface area contributed by atoms with Crippen molar-refractivity contribution in [2.45, 2.75) is 45.4 Å². The maximum Gasteiger partial charge on any atom is 0.189 e. The molecule has 3 nitrogen and oxygen atoms in total. The molecule has 0 unspecified atom stereocenters. The zero-order valence-electron chi connectivity index (χ0n) is 9.46. The number of ketones is 1. The van der Waals surface area contributed by atoms with Crippen LogP contribution in [0.1, 0.15) is 45.4 Å². The smallest absolute Gasteiger partial charge is 0.189 e. The van der Waals surface area contributed by atoms with Gasteiger partial charge in [0.2, 0.25) is 0 Å². The van der Waals surface area contributed by atoms with Gasteiger partial charge in [-0.25, -0.2) is 0 Å². The number of carbonyl (C=O) groups excluding carboxylic acids is 2. The monoisotopic (exact) mass is 231 g/mol. The molecule has 0 bridgehead atoms. The first-order valence-electron chi connectivity index (χ1n) is 5.58. The van der Waals surface area contributed by atoms with Gasteiger partial charge in [0, 0.05) is 18.6 Å². The van der Waals surface area contributed by atoms with Crippen LogP contribution in [0.4, 0.5) is 0 Å². The summed E-state index contributed by atoms with van der Waals surface area (Å²) in [4.78, 5) is 22.1. The second-order valence-corrected chi connectivity index (χ2v) is 4.68. The van der Waals surface area contributed by atoms with Crippen LogP contribution in [0.5, 0.6) is 0 Å². The predicted molar refractivity (Wildman–Crippen MR) is 64.9 cm³/mol. The Morgan fingerprint density at radius 3 is 2.47 bits per heavy atom. The second-order valence-electron chi connectivity index (χ2n) is 3.52. The first-order valence-corrected chi connectivity index (χ1v) is 6.56.